The Bertz CT molecular complexity index is 1110. The number of nitrogens with one attached hydrogen (secondary N) is 2. The summed E-state index contributed by atoms with van der Waals surface area (Å²) in [5.74, 6) is -2.47. The number of carbonyl (C=O) groups is 2. The minimum atomic E-state index is -2.72. The fraction of sp³-hybridized carbons (Fsp3) is 0.577. The van der Waals surface area contributed by atoms with Gasteiger partial charge in [-0.25, -0.2) is 17.6 Å². The van der Waals surface area contributed by atoms with Crippen molar-refractivity contribution in [3.8, 4) is 5.75 Å². The average molecular weight is 575 g/mol. The zero-order valence-electron chi connectivity index (χ0n) is 22.0. The second-order valence-corrected chi connectivity index (χ2v) is 10.3. The quantitative estimate of drug-likeness (QED) is 0.225. The van der Waals surface area contributed by atoms with E-state index >= 15 is 0 Å². The molecule has 8 nitrogen and oxygen atoms in total. The fourth-order valence-electron chi connectivity index (χ4n) is 4.26. The number of aromatic nitrogens is 2. The van der Waals surface area contributed by atoms with Crippen LogP contribution in [0.15, 0.2) is 24.3 Å². The van der Waals surface area contributed by atoms with Crippen LogP contribution in [-0.2, 0) is 28.9 Å². The van der Waals surface area contributed by atoms with Gasteiger partial charge < -0.3 is 20.1 Å². The molecule has 0 saturated carbocycles. The number of carbonyl (C=O) groups excluding carboxylic acids is 2. The molecule has 1 unspecified atom stereocenters. The molecule has 13 heteroatoms. The lowest BCUT2D eigenvalue weighted by Crippen LogP contribution is -2.42. The van der Waals surface area contributed by atoms with Gasteiger partial charge in [0.25, 0.3) is 12.3 Å². The molecular weight excluding hydrogens is 540 g/mol. The number of hydrogen-bond acceptors (Lipinski definition) is 6. The average Bonchev–Trinajstić information content (AvgIpc) is 3.20. The van der Waals surface area contributed by atoms with Gasteiger partial charge in [0.1, 0.15) is 17.9 Å². The van der Waals surface area contributed by atoms with Crippen molar-refractivity contribution in [3.05, 3.63) is 41.1 Å². The first-order valence-electron chi connectivity index (χ1n) is 12.7. The van der Waals surface area contributed by atoms with Crippen LogP contribution in [0, 0.1) is 0 Å². The molecule has 2 N–H and O–H groups in total. The summed E-state index contributed by atoms with van der Waals surface area (Å²) in [7, 11) is 0. The maximum absolute atomic E-state index is 13.0. The number of amides is 2. The molecule has 3 rings (SSSR count). The van der Waals surface area contributed by atoms with Crippen LogP contribution >= 0.6 is 11.8 Å². The highest BCUT2D eigenvalue weighted by molar-refractivity contribution is 7.99. The van der Waals surface area contributed by atoms with E-state index in [1.165, 1.54) is 16.4 Å². The Balaban J connectivity index is 1.64. The smallest absolute Gasteiger partial charge is 0.261 e. The number of nitrogens with zero attached hydrogens (tertiary/aromatic N) is 2. The molecule has 2 aromatic rings. The largest absolute Gasteiger partial charge is 0.494 e. The van der Waals surface area contributed by atoms with Crippen molar-refractivity contribution in [1.29, 1.82) is 0 Å². The van der Waals surface area contributed by atoms with E-state index in [1.807, 2.05) is 18.2 Å². The molecule has 1 aliphatic rings. The molecule has 1 atom stereocenters. The summed E-state index contributed by atoms with van der Waals surface area (Å²) >= 11 is 1.33. The summed E-state index contributed by atoms with van der Waals surface area (Å²) in [4.78, 5) is 25.2. The van der Waals surface area contributed by atoms with E-state index in [2.05, 4.69) is 15.7 Å². The van der Waals surface area contributed by atoms with E-state index in [0.29, 0.717) is 30.7 Å². The molecule has 1 aliphatic heterocycles. The monoisotopic (exact) mass is 574 g/mol. The van der Waals surface area contributed by atoms with Crippen LogP contribution in [0.25, 0.3) is 0 Å². The maximum Gasteiger partial charge on any atom is 0.261 e. The standard InChI is InChI=1S/C26H34F4N4O4S/c1-26(29,30)9-4-11-38-19-6-3-5-17(13-19)7-8-18-14-20-23(25(36)31-18)24(32-22(35)16-39-2)33-34(20)10-12-37-15-21(27)28/h3,5-6,13,18,21H,4,7-12,14-16H2,1-2H3,(H,31,36)(H,32,33,35). The summed E-state index contributed by atoms with van der Waals surface area (Å²) in [5.41, 5.74) is 1.84. The van der Waals surface area contributed by atoms with Crippen molar-refractivity contribution in [2.45, 2.75) is 64.0 Å². The molecule has 0 saturated heterocycles. The van der Waals surface area contributed by atoms with Gasteiger partial charge in [0.05, 0.1) is 31.2 Å². The van der Waals surface area contributed by atoms with Crippen molar-refractivity contribution in [1.82, 2.24) is 15.1 Å². The summed E-state index contributed by atoms with van der Waals surface area (Å²) in [6.07, 6.45) is 0.839. The molecule has 0 fully saturated rings. The second-order valence-electron chi connectivity index (χ2n) is 9.42. The van der Waals surface area contributed by atoms with Gasteiger partial charge in [0.2, 0.25) is 11.8 Å². The number of hydrogen-bond donors (Lipinski definition) is 2. The van der Waals surface area contributed by atoms with Gasteiger partial charge in [-0.15, -0.1) is 0 Å². The predicted octanol–water partition coefficient (Wildman–Crippen LogP) is 4.57. The summed E-state index contributed by atoms with van der Waals surface area (Å²) in [6.45, 7) is 0.507. The van der Waals surface area contributed by atoms with Gasteiger partial charge in [0.15, 0.2) is 5.82 Å². The third kappa shape index (κ3) is 10.0. The Morgan fingerprint density at radius 3 is 2.85 bits per heavy atom. The number of alkyl halides is 4. The SMILES string of the molecule is CSCC(=O)Nc1nn(CCOCC(F)F)c2c1C(=O)NC(CCc1cccc(OCCCC(C)(F)F)c1)C2. The van der Waals surface area contributed by atoms with Crippen molar-refractivity contribution < 1.29 is 36.6 Å². The van der Waals surface area contributed by atoms with E-state index in [-0.39, 0.29) is 67.6 Å². The molecule has 1 aromatic heterocycles. The Morgan fingerprint density at radius 1 is 1.33 bits per heavy atom. The summed E-state index contributed by atoms with van der Waals surface area (Å²) < 4.78 is 63.0. The van der Waals surface area contributed by atoms with Crippen LogP contribution in [0.3, 0.4) is 0 Å². The third-order valence-electron chi connectivity index (χ3n) is 5.99. The van der Waals surface area contributed by atoms with Crippen molar-refractivity contribution in [2.75, 3.05) is 37.1 Å². The lowest BCUT2D eigenvalue weighted by molar-refractivity contribution is -0.113. The third-order valence-corrected chi connectivity index (χ3v) is 6.54. The topological polar surface area (TPSA) is 94.5 Å². The zero-order chi connectivity index (χ0) is 28.4. The normalized spacial score (nSPS) is 15.3. The summed E-state index contributed by atoms with van der Waals surface area (Å²) in [5, 5.41) is 10.0. The molecule has 39 heavy (non-hydrogen) atoms. The number of thioether (sulfide) groups is 1. The van der Waals surface area contributed by atoms with Gasteiger partial charge in [-0.3, -0.25) is 14.3 Å². The molecule has 0 bridgehead atoms. The van der Waals surface area contributed by atoms with Gasteiger partial charge >= 0.3 is 0 Å². The van der Waals surface area contributed by atoms with Crippen molar-refractivity contribution >= 4 is 29.4 Å². The van der Waals surface area contributed by atoms with Gasteiger partial charge in [-0.2, -0.15) is 16.9 Å². The number of anilines is 1. The minimum Gasteiger partial charge on any atom is -0.494 e. The highest BCUT2D eigenvalue weighted by Gasteiger charge is 2.32. The number of fused-ring (bicyclic) bond motifs is 1. The highest BCUT2D eigenvalue weighted by atomic mass is 32.2. The molecule has 0 spiro atoms. The van der Waals surface area contributed by atoms with Crippen molar-refractivity contribution in [3.63, 3.8) is 0 Å². The van der Waals surface area contributed by atoms with Crippen LogP contribution in [0.4, 0.5) is 23.4 Å². The Hall–Kier alpha value is -2.80. The van der Waals surface area contributed by atoms with E-state index in [1.54, 1.807) is 12.3 Å². The number of benzene rings is 1. The van der Waals surface area contributed by atoms with Crippen LogP contribution in [0.5, 0.6) is 5.75 Å². The van der Waals surface area contributed by atoms with Gasteiger partial charge in [-0.05, 0) is 50.1 Å². The van der Waals surface area contributed by atoms with E-state index in [0.717, 1.165) is 12.5 Å². The Morgan fingerprint density at radius 2 is 2.13 bits per heavy atom. The Kier molecular flexibility index (Phi) is 11.5. The van der Waals surface area contributed by atoms with Gasteiger partial charge in [0, 0.05) is 18.9 Å². The maximum atomic E-state index is 13.0. The molecule has 1 aromatic carbocycles. The number of aryl methyl sites for hydroxylation is 1. The molecular formula is C26H34F4N4O4S. The van der Waals surface area contributed by atoms with E-state index in [4.69, 9.17) is 9.47 Å². The number of ether oxygens (including phenoxy) is 2. The molecule has 2 amide bonds. The van der Waals surface area contributed by atoms with Crippen LogP contribution in [-0.4, -0.2) is 71.8 Å². The highest BCUT2D eigenvalue weighted by Crippen LogP contribution is 2.27. The zero-order valence-corrected chi connectivity index (χ0v) is 22.8. The predicted molar refractivity (Wildman–Crippen MR) is 141 cm³/mol. The fourth-order valence-corrected chi connectivity index (χ4v) is 4.59. The summed E-state index contributed by atoms with van der Waals surface area (Å²) in [6, 6.07) is 7.14. The molecule has 0 aliphatic carbocycles. The van der Waals surface area contributed by atoms with E-state index < -0.39 is 19.0 Å². The van der Waals surface area contributed by atoms with Crippen LogP contribution in [0.2, 0.25) is 0 Å². The lowest BCUT2D eigenvalue weighted by Gasteiger charge is -2.25. The Labute approximate surface area is 229 Å². The number of halogens is 4. The van der Waals surface area contributed by atoms with Gasteiger partial charge in [-0.1, -0.05) is 12.1 Å². The van der Waals surface area contributed by atoms with E-state index in [9.17, 15) is 27.2 Å². The molecule has 2 heterocycles. The first-order valence-corrected chi connectivity index (χ1v) is 14.1. The lowest BCUT2D eigenvalue weighted by atomic mass is 9.96. The molecule has 216 valence electrons. The molecule has 0 radical (unpaired) electrons. The first-order chi connectivity index (χ1) is 18.6. The van der Waals surface area contributed by atoms with Crippen LogP contribution < -0.4 is 15.4 Å². The number of rotatable bonds is 16. The van der Waals surface area contributed by atoms with Crippen molar-refractivity contribution in [2.24, 2.45) is 0 Å². The second kappa shape index (κ2) is 14.5. The first kappa shape index (κ1) is 30.7. The van der Waals surface area contributed by atoms with Crippen LogP contribution in [0.1, 0.15) is 47.8 Å². The minimum absolute atomic E-state index is 0.0222.